The van der Waals surface area contributed by atoms with Crippen LogP contribution in [0, 0.1) is 0 Å². The Hall–Kier alpha value is -1.56. The Balaban J connectivity index is 2.31. The largest absolute Gasteiger partial charge is 0.707 e. The average molecular weight is 244 g/mol. The van der Waals surface area contributed by atoms with Gasteiger partial charge in [-0.3, -0.25) is 0 Å². The molecule has 0 saturated carbocycles. The highest BCUT2D eigenvalue weighted by molar-refractivity contribution is 7.26. The Morgan fingerprint density at radius 2 is 1.71 bits per heavy atom. The van der Waals surface area contributed by atoms with Crippen molar-refractivity contribution in [1.29, 1.82) is 0 Å². The highest BCUT2D eigenvalue weighted by Crippen LogP contribution is 2.38. The van der Waals surface area contributed by atoms with Crippen molar-refractivity contribution in [3.8, 4) is 5.75 Å². The molecule has 0 spiro atoms. The lowest BCUT2D eigenvalue weighted by atomic mass is 10.1. The van der Waals surface area contributed by atoms with Crippen molar-refractivity contribution in [2.75, 3.05) is 0 Å². The third kappa shape index (κ3) is 1.78. The van der Waals surface area contributed by atoms with Gasteiger partial charge in [0.05, 0.1) is 4.70 Å². The second-order valence-corrected chi connectivity index (χ2v) is 4.73. The van der Waals surface area contributed by atoms with Crippen LogP contribution >= 0.6 is 11.3 Å². The number of thiophene rings is 1. The zero-order chi connectivity index (χ0) is 11.8. The average Bonchev–Trinajstić information content (AvgIpc) is 2.68. The molecule has 0 fully saturated rings. The maximum Gasteiger partial charge on any atom is 0.707 e. The van der Waals surface area contributed by atoms with Gasteiger partial charge in [0.2, 0.25) is 0 Å². The third-order valence-corrected chi connectivity index (χ3v) is 3.80. The van der Waals surface area contributed by atoms with Crippen LogP contribution in [0.2, 0.25) is 0 Å². The van der Waals surface area contributed by atoms with E-state index in [0.29, 0.717) is 5.75 Å². The zero-order valence-electron chi connectivity index (χ0n) is 8.83. The lowest BCUT2D eigenvalue weighted by Gasteiger charge is -2.04. The molecular formula is C12H9BO3S. The molecular weight excluding hydrogens is 235 g/mol. The second-order valence-electron chi connectivity index (χ2n) is 3.68. The second kappa shape index (κ2) is 4.03. The summed E-state index contributed by atoms with van der Waals surface area (Å²) in [5.74, 6) is 0.499. The van der Waals surface area contributed by atoms with Gasteiger partial charge in [0.1, 0.15) is 5.75 Å². The van der Waals surface area contributed by atoms with Crippen LogP contribution in [0.3, 0.4) is 0 Å². The molecule has 0 bridgehead atoms. The molecule has 0 unspecified atom stereocenters. The molecule has 3 rings (SSSR count). The summed E-state index contributed by atoms with van der Waals surface area (Å²) in [6, 6.07) is 13.6. The van der Waals surface area contributed by atoms with Crippen molar-refractivity contribution in [1.82, 2.24) is 0 Å². The molecule has 0 saturated heterocycles. The maximum atomic E-state index is 8.88. The van der Waals surface area contributed by atoms with Crippen molar-refractivity contribution in [3.05, 3.63) is 42.5 Å². The van der Waals surface area contributed by atoms with Crippen molar-refractivity contribution in [3.63, 3.8) is 0 Å². The molecule has 0 aliphatic heterocycles. The van der Waals surface area contributed by atoms with E-state index in [2.05, 4.69) is 0 Å². The van der Waals surface area contributed by atoms with Gasteiger partial charge >= 0.3 is 7.32 Å². The van der Waals surface area contributed by atoms with Gasteiger partial charge in [-0.25, -0.2) is 0 Å². The Kier molecular flexibility index (Phi) is 2.51. The van der Waals surface area contributed by atoms with Crippen LogP contribution in [-0.2, 0) is 0 Å². The van der Waals surface area contributed by atoms with Crippen LogP contribution in [0.4, 0.5) is 0 Å². The fourth-order valence-corrected chi connectivity index (χ4v) is 3.09. The standard InChI is InChI=1S/C12H9BO3S/c14-13(15)16-10-6-3-5-9-8-4-1-2-7-11(8)17-12(9)10/h1-7,14-15H. The first-order valence-corrected chi connectivity index (χ1v) is 6.00. The predicted octanol–water partition coefficient (Wildman–Crippen LogP) is 2.40. The minimum atomic E-state index is -1.79. The fourth-order valence-electron chi connectivity index (χ4n) is 1.93. The molecule has 0 aliphatic rings. The van der Waals surface area contributed by atoms with Gasteiger partial charge in [0.15, 0.2) is 0 Å². The van der Waals surface area contributed by atoms with E-state index in [0.717, 1.165) is 20.2 Å². The fraction of sp³-hybridized carbons (Fsp3) is 0. The van der Waals surface area contributed by atoms with E-state index in [1.54, 1.807) is 17.4 Å². The molecule has 2 aromatic carbocycles. The summed E-state index contributed by atoms with van der Waals surface area (Å²) >= 11 is 1.58. The first kappa shape index (κ1) is 10.6. The van der Waals surface area contributed by atoms with Gasteiger partial charge < -0.3 is 14.7 Å². The van der Waals surface area contributed by atoms with E-state index in [-0.39, 0.29) is 0 Å². The Morgan fingerprint density at radius 1 is 0.941 bits per heavy atom. The lowest BCUT2D eigenvalue weighted by Crippen LogP contribution is -2.20. The van der Waals surface area contributed by atoms with Gasteiger partial charge in [-0.1, -0.05) is 30.3 Å². The van der Waals surface area contributed by atoms with Crippen LogP contribution < -0.4 is 4.65 Å². The molecule has 3 aromatic rings. The summed E-state index contributed by atoms with van der Waals surface area (Å²) in [4.78, 5) is 0. The number of hydrogen-bond donors (Lipinski definition) is 2. The monoisotopic (exact) mass is 244 g/mol. The van der Waals surface area contributed by atoms with Crippen LogP contribution in [0.1, 0.15) is 0 Å². The van der Waals surface area contributed by atoms with Crippen LogP contribution in [0.5, 0.6) is 5.75 Å². The number of rotatable bonds is 2. The van der Waals surface area contributed by atoms with E-state index in [9.17, 15) is 0 Å². The number of fused-ring (bicyclic) bond motifs is 3. The van der Waals surface area contributed by atoms with Crippen molar-refractivity contribution >= 4 is 38.8 Å². The van der Waals surface area contributed by atoms with Gasteiger partial charge in [-0.15, -0.1) is 11.3 Å². The minimum absolute atomic E-state index is 0.499. The minimum Gasteiger partial charge on any atom is -0.511 e. The van der Waals surface area contributed by atoms with Crippen LogP contribution in [0.25, 0.3) is 20.2 Å². The molecule has 17 heavy (non-hydrogen) atoms. The molecule has 0 atom stereocenters. The van der Waals surface area contributed by atoms with E-state index in [4.69, 9.17) is 14.7 Å². The quantitative estimate of drug-likeness (QED) is 0.680. The molecule has 5 heteroatoms. The normalized spacial score (nSPS) is 10.9. The summed E-state index contributed by atoms with van der Waals surface area (Å²) < 4.78 is 7.07. The zero-order valence-corrected chi connectivity index (χ0v) is 9.65. The van der Waals surface area contributed by atoms with Crippen LogP contribution in [0.15, 0.2) is 42.5 Å². The van der Waals surface area contributed by atoms with Gasteiger partial charge in [0.25, 0.3) is 0 Å². The van der Waals surface area contributed by atoms with Gasteiger partial charge in [-0.2, -0.15) is 0 Å². The lowest BCUT2D eigenvalue weighted by molar-refractivity contribution is 0.290. The highest BCUT2D eigenvalue weighted by atomic mass is 32.1. The van der Waals surface area contributed by atoms with E-state index in [1.165, 1.54) is 0 Å². The Labute approximate surface area is 102 Å². The molecule has 1 heterocycles. The molecule has 1 aromatic heterocycles. The maximum absolute atomic E-state index is 8.88. The van der Waals surface area contributed by atoms with Crippen molar-refractivity contribution in [2.45, 2.75) is 0 Å². The van der Waals surface area contributed by atoms with Crippen molar-refractivity contribution < 1.29 is 14.7 Å². The summed E-state index contributed by atoms with van der Waals surface area (Å²) in [7, 11) is -1.79. The van der Waals surface area contributed by atoms with E-state index in [1.807, 2.05) is 36.4 Å². The van der Waals surface area contributed by atoms with Gasteiger partial charge in [0, 0.05) is 15.5 Å². The number of benzene rings is 2. The topological polar surface area (TPSA) is 49.7 Å². The molecule has 0 amide bonds. The first-order valence-electron chi connectivity index (χ1n) is 5.19. The van der Waals surface area contributed by atoms with Crippen LogP contribution in [-0.4, -0.2) is 17.4 Å². The summed E-state index contributed by atoms with van der Waals surface area (Å²) in [6.07, 6.45) is 0. The SMILES string of the molecule is OB(O)Oc1cccc2c1sc1ccccc12. The summed E-state index contributed by atoms with van der Waals surface area (Å²) in [6.45, 7) is 0. The molecule has 3 nitrogen and oxygen atoms in total. The number of hydrogen-bond acceptors (Lipinski definition) is 4. The van der Waals surface area contributed by atoms with E-state index >= 15 is 0 Å². The molecule has 84 valence electrons. The highest BCUT2D eigenvalue weighted by Gasteiger charge is 2.15. The smallest absolute Gasteiger partial charge is 0.511 e. The molecule has 2 N–H and O–H groups in total. The third-order valence-electron chi connectivity index (χ3n) is 2.60. The molecule has 0 aliphatic carbocycles. The van der Waals surface area contributed by atoms with Crippen molar-refractivity contribution in [2.24, 2.45) is 0 Å². The Morgan fingerprint density at radius 3 is 2.53 bits per heavy atom. The summed E-state index contributed by atoms with van der Waals surface area (Å²) in [5.41, 5.74) is 0. The first-order chi connectivity index (χ1) is 8.25. The predicted molar refractivity (Wildman–Crippen MR) is 70.2 cm³/mol. The Bertz CT molecular complexity index is 678. The molecule has 0 radical (unpaired) electrons. The van der Waals surface area contributed by atoms with E-state index < -0.39 is 7.32 Å². The van der Waals surface area contributed by atoms with Gasteiger partial charge in [-0.05, 0) is 12.1 Å². The summed E-state index contributed by atoms with van der Waals surface area (Å²) in [5, 5.41) is 20.0.